The Bertz CT molecular complexity index is 354. The van der Waals surface area contributed by atoms with Crippen LogP contribution in [-0.4, -0.2) is 10.3 Å². The Morgan fingerprint density at radius 1 is 1.46 bits per heavy atom. The molecule has 0 saturated carbocycles. The minimum atomic E-state index is -1.09. The van der Waals surface area contributed by atoms with Crippen LogP contribution in [0.5, 0.6) is 0 Å². The third-order valence-electron chi connectivity index (χ3n) is 1.25. The number of aromatic nitrogens is 1. The van der Waals surface area contributed by atoms with Crippen LogP contribution in [0.3, 0.4) is 0 Å². The Kier molecular flexibility index (Phi) is 3.84. The second-order valence-electron chi connectivity index (χ2n) is 2.24. The lowest BCUT2D eigenvalue weighted by Crippen LogP contribution is -1.89. The molecule has 68 valence electrons. The van der Waals surface area contributed by atoms with Gasteiger partial charge >= 0.3 is 0 Å². The Hall–Kier alpha value is -0.950. The molecule has 0 fully saturated rings. The first-order chi connectivity index (χ1) is 6.24. The molecule has 0 amide bonds. The lowest BCUT2D eigenvalue weighted by atomic mass is 10.3. The number of hydrogen-bond acceptors (Lipinski definition) is 1. The SMILES string of the molecule is Fc1cc(C#CCCBr)cnc1F. The van der Waals surface area contributed by atoms with E-state index in [1.807, 2.05) is 0 Å². The van der Waals surface area contributed by atoms with Crippen LogP contribution in [0.15, 0.2) is 12.3 Å². The Morgan fingerprint density at radius 3 is 2.85 bits per heavy atom. The minimum absolute atomic E-state index is 0.389. The summed E-state index contributed by atoms with van der Waals surface area (Å²) in [6.45, 7) is 0. The van der Waals surface area contributed by atoms with Gasteiger partial charge in [-0.25, -0.2) is 9.37 Å². The zero-order chi connectivity index (χ0) is 9.68. The van der Waals surface area contributed by atoms with Gasteiger partial charge in [-0.3, -0.25) is 0 Å². The highest BCUT2D eigenvalue weighted by Crippen LogP contribution is 2.03. The molecule has 0 atom stereocenters. The Labute approximate surface area is 83.3 Å². The zero-order valence-corrected chi connectivity index (χ0v) is 8.24. The molecule has 0 aromatic carbocycles. The fraction of sp³-hybridized carbons (Fsp3) is 0.222. The summed E-state index contributed by atoms with van der Waals surface area (Å²) in [5.41, 5.74) is 0.389. The Balaban J connectivity index is 2.81. The number of rotatable bonds is 1. The van der Waals surface area contributed by atoms with E-state index in [-0.39, 0.29) is 0 Å². The van der Waals surface area contributed by atoms with Crippen molar-refractivity contribution in [3.8, 4) is 11.8 Å². The Morgan fingerprint density at radius 2 is 2.23 bits per heavy atom. The number of hydrogen-bond donors (Lipinski definition) is 0. The molecule has 1 rings (SSSR count). The van der Waals surface area contributed by atoms with Gasteiger partial charge in [0.05, 0.1) is 0 Å². The van der Waals surface area contributed by atoms with Crippen molar-refractivity contribution in [3.63, 3.8) is 0 Å². The maximum atomic E-state index is 12.6. The lowest BCUT2D eigenvalue weighted by Gasteiger charge is -1.91. The van der Waals surface area contributed by atoms with Gasteiger partial charge in [-0.05, 0) is 6.07 Å². The van der Waals surface area contributed by atoms with E-state index in [0.29, 0.717) is 12.0 Å². The molecule has 0 aliphatic carbocycles. The fourth-order valence-electron chi connectivity index (χ4n) is 0.701. The summed E-state index contributed by atoms with van der Waals surface area (Å²) in [6, 6.07) is 1.03. The van der Waals surface area contributed by atoms with Gasteiger partial charge in [-0.15, -0.1) is 0 Å². The molecule has 0 aliphatic heterocycles. The molecular weight excluding hydrogens is 240 g/mol. The first kappa shape index (κ1) is 10.1. The van der Waals surface area contributed by atoms with Crippen molar-refractivity contribution in [2.45, 2.75) is 6.42 Å². The van der Waals surface area contributed by atoms with Crippen LogP contribution in [0.1, 0.15) is 12.0 Å². The van der Waals surface area contributed by atoms with Crippen LogP contribution in [0.4, 0.5) is 8.78 Å². The molecule has 0 aliphatic rings. The third kappa shape index (κ3) is 3.11. The van der Waals surface area contributed by atoms with Crippen molar-refractivity contribution >= 4 is 15.9 Å². The molecule has 13 heavy (non-hydrogen) atoms. The normalized spacial score (nSPS) is 9.15. The summed E-state index contributed by atoms with van der Waals surface area (Å²) in [7, 11) is 0. The van der Waals surface area contributed by atoms with Crippen LogP contribution >= 0.6 is 15.9 Å². The van der Waals surface area contributed by atoms with Gasteiger partial charge in [0.2, 0.25) is 5.95 Å². The van der Waals surface area contributed by atoms with Crippen molar-refractivity contribution < 1.29 is 8.78 Å². The van der Waals surface area contributed by atoms with E-state index in [2.05, 4.69) is 32.8 Å². The summed E-state index contributed by atoms with van der Waals surface area (Å²) in [4.78, 5) is 3.20. The van der Waals surface area contributed by atoms with Gasteiger partial charge in [0.25, 0.3) is 0 Å². The molecule has 0 saturated heterocycles. The highest BCUT2D eigenvalue weighted by atomic mass is 79.9. The number of pyridine rings is 1. The van der Waals surface area contributed by atoms with Crippen LogP contribution in [0, 0.1) is 23.6 Å². The quantitative estimate of drug-likeness (QED) is 0.421. The van der Waals surface area contributed by atoms with E-state index < -0.39 is 11.8 Å². The first-order valence-electron chi connectivity index (χ1n) is 3.60. The molecule has 0 unspecified atom stereocenters. The average Bonchev–Trinajstić information content (AvgIpc) is 2.12. The summed E-state index contributed by atoms with van der Waals surface area (Å²) in [6.07, 6.45) is 1.87. The molecule has 1 nitrogen and oxygen atoms in total. The summed E-state index contributed by atoms with van der Waals surface area (Å²) in [5, 5.41) is 0.761. The molecular formula is C9H6BrF2N. The zero-order valence-electron chi connectivity index (χ0n) is 6.65. The minimum Gasteiger partial charge on any atom is -0.224 e. The second-order valence-corrected chi connectivity index (χ2v) is 3.03. The first-order valence-corrected chi connectivity index (χ1v) is 4.72. The van der Waals surface area contributed by atoms with E-state index in [9.17, 15) is 8.78 Å². The fourth-order valence-corrected chi connectivity index (χ4v) is 0.900. The van der Waals surface area contributed by atoms with Crippen molar-refractivity contribution in [3.05, 3.63) is 29.6 Å². The van der Waals surface area contributed by atoms with Crippen molar-refractivity contribution in [1.82, 2.24) is 4.98 Å². The van der Waals surface area contributed by atoms with Crippen LogP contribution in [-0.2, 0) is 0 Å². The summed E-state index contributed by atoms with van der Waals surface area (Å²) >= 11 is 3.20. The number of nitrogens with zero attached hydrogens (tertiary/aromatic N) is 1. The van der Waals surface area contributed by atoms with E-state index in [1.165, 1.54) is 6.20 Å². The predicted molar refractivity (Wildman–Crippen MR) is 49.4 cm³/mol. The van der Waals surface area contributed by atoms with Gasteiger partial charge in [0, 0.05) is 23.5 Å². The monoisotopic (exact) mass is 245 g/mol. The van der Waals surface area contributed by atoms with E-state index >= 15 is 0 Å². The standard InChI is InChI=1S/C9H6BrF2N/c10-4-2-1-3-7-5-8(11)9(12)13-6-7/h5-6H,2,4H2. The van der Waals surface area contributed by atoms with Crippen LogP contribution < -0.4 is 0 Å². The average molecular weight is 246 g/mol. The highest BCUT2D eigenvalue weighted by molar-refractivity contribution is 9.09. The van der Waals surface area contributed by atoms with E-state index in [0.717, 1.165) is 11.4 Å². The predicted octanol–water partition coefficient (Wildman–Crippen LogP) is 2.50. The van der Waals surface area contributed by atoms with Gasteiger partial charge < -0.3 is 0 Å². The molecule has 1 heterocycles. The summed E-state index contributed by atoms with van der Waals surface area (Å²) in [5.74, 6) is 3.38. The largest absolute Gasteiger partial charge is 0.248 e. The highest BCUT2D eigenvalue weighted by Gasteiger charge is 2.01. The molecule has 4 heteroatoms. The molecule has 0 radical (unpaired) electrons. The van der Waals surface area contributed by atoms with Gasteiger partial charge in [-0.1, -0.05) is 27.8 Å². The maximum absolute atomic E-state index is 12.6. The van der Waals surface area contributed by atoms with E-state index in [4.69, 9.17) is 0 Å². The second kappa shape index (κ2) is 4.93. The number of alkyl halides is 1. The third-order valence-corrected chi connectivity index (χ3v) is 1.64. The van der Waals surface area contributed by atoms with Crippen molar-refractivity contribution in [2.24, 2.45) is 0 Å². The number of halogens is 3. The van der Waals surface area contributed by atoms with Crippen molar-refractivity contribution in [2.75, 3.05) is 5.33 Å². The lowest BCUT2D eigenvalue weighted by molar-refractivity contribution is 0.479. The van der Waals surface area contributed by atoms with E-state index in [1.54, 1.807) is 0 Å². The van der Waals surface area contributed by atoms with Crippen LogP contribution in [0.25, 0.3) is 0 Å². The van der Waals surface area contributed by atoms with Gasteiger partial charge in [-0.2, -0.15) is 4.39 Å². The topological polar surface area (TPSA) is 12.9 Å². The smallest absolute Gasteiger partial charge is 0.224 e. The van der Waals surface area contributed by atoms with Crippen molar-refractivity contribution in [1.29, 1.82) is 0 Å². The van der Waals surface area contributed by atoms with Crippen LogP contribution in [0.2, 0.25) is 0 Å². The molecule has 0 N–H and O–H groups in total. The molecule has 1 aromatic rings. The molecule has 0 spiro atoms. The molecule has 1 aromatic heterocycles. The maximum Gasteiger partial charge on any atom is 0.248 e. The van der Waals surface area contributed by atoms with Gasteiger partial charge in [0.1, 0.15) is 0 Å². The van der Waals surface area contributed by atoms with Gasteiger partial charge in [0.15, 0.2) is 5.82 Å². The summed E-state index contributed by atoms with van der Waals surface area (Å²) < 4.78 is 24.9. The molecule has 0 bridgehead atoms.